The van der Waals surface area contributed by atoms with Crippen molar-refractivity contribution in [2.24, 2.45) is 0 Å². The first-order valence-corrected chi connectivity index (χ1v) is 8.10. The lowest BCUT2D eigenvalue weighted by Gasteiger charge is -2.22. The molecule has 0 bridgehead atoms. The fourth-order valence-electron chi connectivity index (χ4n) is 1.92. The van der Waals surface area contributed by atoms with Crippen molar-refractivity contribution < 1.29 is 18.3 Å². The summed E-state index contributed by atoms with van der Waals surface area (Å²) in [6.07, 6.45) is 3.89. The maximum atomic E-state index is 11.8. The summed E-state index contributed by atoms with van der Waals surface area (Å²) in [4.78, 5) is 11.1. The van der Waals surface area contributed by atoms with Crippen LogP contribution in [0.3, 0.4) is 0 Å². The van der Waals surface area contributed by atoms with Crippen molar-refractivity contribution in [3.8, 4) is 0 Å². The van der Waals surface area contributed by atoms with Crippen LogP contribution >= 0.6 is 0 Å². The fourth-order valence-corrected chi connectivity index (χ4v) is 2.92. The van der Waals surface area contributed by atoms with Crippen molar-refractivity contribution >= 4 is 21.7 Å². The van der Waals surface area contributed by atoms with Gasteiger partial charge in [0.2, 0.25) is 10.0 Å². The van der Waals surface area contributed by atoms with Gasteiger partial charge in [-0.25, -0.2) is 13.2 Å². The minimum absolute atomic E-state index is 0.0732. The molecule has 0 atom stereocenters. The Bertz CT molecular complexity index is 608. The Morgan fingerprint density at radius 1 is 1.40 bits per heavy atom. The average molecular weight is 297 g/mol. The second-order valence-electron chi connectivity index (χ2n) is 4.52. The molecule has 1 aromatic rings. The van der Waals surface area contributed by atoms with Crippen LogP contribution in [0.4, 0.5) is 5.69 Å². The molecule has 0 aromatic heterocycles. The van der Waals surface area contributed by atoms with E-state index in [9.17, 15) is 13.2 Å². The van der Waals surface area contributed by atoms with E-state index in [4.69, 9.17) is 5.11 Å². The third kappa shape index (κ3) is 4.09. The van der Waals surface area contributed by atoms with E-state index in [1.54, 1.807) is 12.1 Å². The van der Waals surface area contributed by atoms with Crippen molar-refractivity contribution in [2.45, 2.75) is 19.8 Å². The van der Waals surface area contributed by atoms with Crippen molar-refractivity contribution in [1.82, 2.24) is 0 Å². The predicted octanol–water partition coefficient (Wildman–Crippen LogP) is 2.29. The standard InChI is InChI=1S/C14H19NO4S/c1-4-6-11-8-12(14(16)17)10-13(9-11)15(7-5-2)20(3,18)19/h4,8-10H,1,5-7H2,2-3H3,(H,16,17). The Morgan fingerprint density at radius 3 is 2.50 bits per heavy atom. The highest BCUT2D eigenvalue weighted by Crippen LogP contribution is 2.23. The second kappa shape index (κ2) is 6.56. The molecule has 1 N–H and O–H groups in total. The van der Waals surface area contributed by atoms with Crippen LogP contribution in [0.5, 0.6) is 0 Å². The number of allylic oxidation sites excluding steroid dienone is 1. The first kappa shape index (κ1) is 16.2. The maximum Gasteiger partial charge on any atom is 0.335 e. The number of carboxylic acid groups (broad SMARTS) is 1. The van der Waals surface area contributed by atoms with Crippen LogP contribution < -0.4 is 4.31 Å². The van der Waals surface area contributed by atoms with Gasteiger partial charge >= 0.3 is 5.97 Å². The summed E-state index contributed by atoms with van der Waals surface area (Å²) < 4.78 is 24.9. The normalized spacial score (nSPS) is 11.1. The van der Waals surface area contributed by atoms with Crippen molar-refractivity contribution in [2.75, 3.05) is 17.1 Å². The fraction of sp³-hybridized carbons (Fsp3) is 0.357. The van der Waals surface area contributed by atoms with Crippen molar-refractivity contribution in [3.05, 3.63) is 42.0 Å². The number of sulfonamides is 1. The van der Waals surface area contributed by atoms with Gasteiger partial charge in [0.15, 0.2) is 0 Å². The first-order chi connectivity index (χ1) is 9.29. The molecular weight excluding hydrogens is 278 g/mol. The quantitative estimate of drug-likeness (QED) is 0.784. The van der Waals surface area contributed by atoms with Gasteiger partial charge in [-0.2, -0.15) is 0 Å². The summed E-state index contributed by atoms with van der Waals surface area (Å²) in [5.41, 5.74) is 1.18. The number of aromatic carboxylic acids is 1. The van der Waals surface area contributed by atoms with Crippen LogP contribution in [0.25, 0.3) is 0 Å². The van der Waals surface area contributed by atoms with E-state index >= 15 is 0 Å². The van der Waals surface area contributed by atoms with Crippen LogP contribution in [0.15, 0.2) is 30.9 Å². The number of anilines is 1. The summed E-state index contributed by atoms with van der Waals surface area (Å²) in [5, 5.41) is 9.12. The molecule has 1 aromatic carbocycles. The van der Waals surface area contributed by atoms with E-state index in [0.29, 0.717) is 25.1 Å². The largest absolute Gasteiger partial charge is 0.478 e. The maximum absolute atomic E-state index is 11.8. The molecule has 110 valence electrons. The smallest absolute Gasteiger partial charge is 0.335 e. The van der Waals surface area contributed by atoms with Gasteiger partial charge in [-0.3, -0.25) is 4.31 Å². The van der Waals surface area contributed by atoms with Crippen LogP contribution in [0, 0.1) is 0 Å². The summed E-state index contributed by atoms with van der Waals surface area (Å²) in [6, 6.07) is 4.59. The van der Waals surface area contributed by atoms with E-state index < -0.39 is 16.0 Å². The molecule has 0 saturated carbocycles. The topological polar surface area (TPSA) is 74.7 Å². The van der Waals surface area contributed by atoms with Crippen molar-refractivity contribution in [3.63, 3.8) is 0 Å². The summed E-state index contributed by atoms with van der Waals surface area (Å²) in [5.74, 6) is -1.08. The molecule has 0 saturated heterocycles. The lowest BCUT2D eigenvalue weighted by atomic mass is 10.1. The molecule has 0 radical (unpaired) electrons. The van der Waals surface area contributed by atoms with Gasteiger partial charge in [-0.05, 0) is 36.6 Å². The van der Waals surface area contributed by atoms with E-state index in [1.807, 2.05) is 6.92 Å². The number of benzene rings is 1. The van der Waals surface area contributed by atoms with Gasteiger partial charge in [-0.1, -0.05) is 13.0 Å². The lowest BCUT2D eigenvalue weighted by Crippen LogP contribution is -2.30. The zero-order valence-corrected chi connectivity index (χ0v) is 12.5. The second-order valence-corrected chi connectivity index (χ2v) is 6.43. The average Bonchev–Trinajstić information content (AvgIpc) is 2.34. The van der Waals surface area contributed by atoms with E-state index in [-0.39, 0.29) is 5.56 Å². The number of hydrogen-bond acceptors (Lipinski definition) is 3. The molecule has 0 aliphatic carbocycles. The SMILES string of the molecule is C=CCc1cc(C(=O)O)cc(N(CCC)S(C)(=O)=O)c1. The minimum atomic E-state index is -3.44. The third-order valence-electron chi connectivity index (χ3n) is 2.72. The Kier molecular flexibility index (Phi) is 5.33. The zero-order chi connectivity index (χ0) is 15.3. The number of carbonyl (C=O) groups is 1. The van der Waals surface area contributed by atoms with Gasteiger partial charge in [0.25, 0.3) is 0 Å². The van der Waals surface area contributed by atoms with Gasteiger partial charge in [0.1, 0.15) is 0 Å². The van der Waals surface area contributed by atoms with Crippen LogP contribution in [-0.4, -0.2) is 32.3 Å². The summed E-state index contributed by atoms with van der Waals surface area (Å²) in [6.45, 7) is 5.79. The molecule has 0 aliphatic heterocycles. The van der Waals surface area contributed by atoms with Crippen LogP contribution in [0.1, 0.15) is 29.3 Å². The molecule has 20 heavy (non-hydrogen) atoms. The Balaban J connectivity index is 3.40. The molecule has 5 nitrogen and oxygen atoms in total. The summed E-state index contributed by atoms with van der Waals surface area (Å²) >= 11 is 0. The van der Waals surface area contributed by atoms with Gasteiger partial charge in [0.05, 0.1) is 17.5 Å². The zero-order valence-electron chi connectivity index (χ0n) is 11.7. The van der Waals surface area contributed by atoms with E-state index in [2.05, 4.69) is 6.58 Å². The van der Waals surface area contributed by atoms with Crippen molar-refractivity contribution in [1.29, 1.82) is 0 Å². The van der Waals surface area contributed by atoms with Crippen LogP contribution in [0.2, 0.25) is 0 Å². The Morgan fingerprint density at radius 2 is 2.05 bits per heavy atom. The van der Waals surface area contributed by atoms with E-state index in [1.165, 1.54) is 16.4 Å². The number of nitrogens with zero attached hydrogens (tertiary/aromatic N) is 1. The highest BCUT2D eigenvalue weighted by Gasteiger charge is 2.18. The Labute approximate surface area is 119 Å². The summed E-state index contributed by atoms with van der Waals surface area (Å²) in [7, 11) is -3.44. The van der Waals surface area contributed by atoms with Crippen LogP contribution in [-0.2, 0) is 16.4 Å². The molecule has 0 heterocycles. The van der Waals surface area contributed by atoms with Gasteiger partial charge in [0, 0.05) is 6.54 Å². The molecule has 6 heteroatoms. The number of rotatable bonds is 7. The monoisotopic (exact) mass is 297 g/mol. The van der Waals surface area contributed by atoms with Gasteiger partial charge < -0.3 is 5.11 Å². The highest BCUT2D eigenvalue weighted by atomic mass is 32.2. The Hall–Kier alpha value is -1.82. The molecule has 0 fully saturated rings. The third-order valence-corrected chi connectivity index (χ3v) is 3.91. The predicted molar refractivity (Wildman–Crippen MR) is 79.8 cm³/mol. The van der Waals surface area contributed by atoms with E-state index in [0.717, 1.165) is 11.8 Å². The lowest BCUT2D eigenvalue weighted by molar-refractivity contribution is 0.0696. The number of carboxylic acids is 1. The molecular formula is C14H19NO4S. The molecule has 0 amide bonds. The molecule has 0 spiro atoms. The highest BCUT2D eigenvalue weighted by molar-refractivity contribution is 7.92. The molecule has 0 aliphatic rings. The first-order valence-electron chi connectivity index (χ1n) is 6.25. The molecule has 0 unspecified atom stereocenters. The molecule has 1 rings (SSSR count). The van der Waals surface area contributed by atoms with Gasteiger partial charge in [-0.15, -0.1) is 6.58 Å². The number of hydrogen-bond donors (Lipinski definition) is 1. The minimum Gasteiger partial charge on any atom is -0.478 e.